The molecule has 6 nitrogen and oxygen atoms in total. The first-order chi connectivity index (χ1) is 11.7. The summed E-state index contributed by atoms with van der Waals surface area (Å²) in [5.41, 5.74) is -0.541. The van der Waals surface area contributed by atoms with Crippen LogP contribution in [0.2, 0.25) is 0 Å². The van der Waals surface area contributed by atoms with Crippen LogP contribution in [0.15, 0.2) is 29.3 Å². The van der Waals surface area contributed by atoms with Gasteiger partial charge in [-0.1, -0.05) is 12.1 Å². The Morgan fingerprint density at radius 1 is 1.27 bits per heavy atom. The molecule has 0 spiro atoms. The molecule has 0 fully saturated rings. The van der Waals surface area contributed by atoms with Crippen LogP contribution in [0.1, 0.15) is 34.6 Å². The topological polar surface area (TPSA) is 72.0 Å². The van der Waals surface area contributed by atoms with Gasteiger partial charge in [-0.15, -0.1) is 24.0 Å². The highest BCUT2D eigenvalue weighted by Crippen LogP contribution is 2.16. The molecule has 8 heteroatoms. The highest BCUT2D eigenvalue weighted by atomic mass is 127. The third kappa shape index (κ3) is 10.4. The summed E-state index contributed by atoms with van der Waals surface area (Å²) < 4.78 is 24.4. The first kappa shape index (κ1) is 24.4. The van der Waals surface area contributed by atoms with Crippen molar-refractivity contribution in [1.29, 1.82) is 0 Å². The molecule has 0 radical (unpaired) electrons. The van der Waals surface area contributed by atoms with Gasteiger partial charge in [0.25, 0.3) is 0 Å². The normalized spacial score (nSPS) is 12.6. The molecule has 1 rings (SSSR count). The van der Waals surface area contributed by atoms with Crippen molar-refractivity contribution in [3.8, 4) is 5.75 Å². The summed E-state index contributed by atoms with van der Waals surface area (Å²) in [6.45, 7) is 10.1. The van der Waals surface area contributed by atoms with Crippen molar-refractivity contribution < 1.29 is 18.7 Å². The number of hydrogen-bond donors (Lipinski definition) is 2. The van der Waals surface area contributed by atoms with Gasteiger partial charge in [0, 0.05) is 6.54 Å². The second-order valence-corrected chi connectivity index (χ2v) is 6.52. The van der Waals surface area contributed by atoms with Crippen LogP contribution in [0.3, 0.4) is 0 Å². The minimum atomic E-state index is -0.541. The van der Waals surface area contributed by atoms with E-state index in [2.05, 4.69) is 15.6 Å². The first-order valence-corrected chi connectivity index (χ1v) is 8.36. The van der Waals surface area contributed by atoms with Crippen LogP contribution in [0.25, 0.3) is 0 Å². The maximum absolute atomic E-state index is 13.6. The monoisotopic (exact) mass is 481 g/mol. The number of para-hydroxylation sites is 1. The fourth-order valence-corrected chi connectivity index (χ4v) is 1.90. The standard InChI is InChI=1S/C18H28FN3O3.HI/c1-6-20-17(22-12-16(23)25-18(3,4)5)21-11-13(2)24-15-10-8-7-9-14(15)19;/h7-10,13H,6,11-12H2,1-5H3,(H2,20,21,22);1H. The molecule has 2 N–H and O–H groups in total. The third-order valence-corrected chi connectivity index (χ3v) is 2.85. The number of nitrogens with one attached hydrogen (secondary N) is 2. The molecule has 148 valence electrons. The maximum Gasteiger partial charge on any atom is 0.328 e. The van der Waals surface area contributed by atoms with Crippen LogP contribution in [0.5, 0.6) is 5.75 Å². The molecule has 0 bridgehead atoms. The highest BCUT2D eigenvalue weighted by Gasteiger charge is 2.16. The molecule has 1 atom stereocenters. The molecule has 0 amide bonds. The minimum absolute atomic E-state index is 0. The van der Waals surface area contributed by atoms with Crippen LogP contribution in [0.4, 0.5) is 4.39 Å². The van der Waals surface area contributed by atoms with Crippen LogP contribution < -0.4 is 15.4 Å². The van der Waals surface area contributed by atoms with Gasteiger partial charge >= 0.3 is 5.97 Å². The van der Waals surface area contributed by atoms with Gasteiger partial charge < -0.3 is 20.1 Å². The number of guanidine groups is 1. The molecule has 1 unspecified atom stereocenters. The molecular weight excluding hydrogens is 452 g/mol. The summed E-state index contributed by atoms with van der Waals surface area (Å²) >= 11 is 0. The van der Waals surface area contributed by atoms with Crippen molar-refractivity contribution in [3.63, 3.8) is 0 Å². The van der Waals surface area contributed by atoms with Crippen LogP contribution in [0, 0.1) is 5.82 Å². The van der Waals surface area contributed by atoms with Crippen molar-refractivity contribution >= 4 is 35.9 Å². The molecule has 0 aliphatic carbocycles. The van der Waals surface area contributed by atoms with E-state index in [9.17, 15) is 9.18 Å². The lowest BCUT2D eigenvalue weighted by atomic mass is 10.2. The molecular formula is C18H29FIN3O3. The number of carbonyl (C=O) groups excluding carboxylic acids is 1. The second-order valence-electron chi connectivity index (χ2n) is 6.52. The summed E-state index contributed by atoms with van der Waals surface area (Å²) in [4.78, 5) is 15.9. The molecule has 0 saturated heterocycles. The van der Waals surface area contributed by atoms with E-state index in [0.29, 0.717) is 19.0 Å². The summed E-state index contributed by atoms with van der Waals surface area (Å²) in [5.74, 6) is -0.134. The van der Waals surface area contributed by atoms with Gasteiger partial charge in [0.15, 0.2) is 17.5 Å². The zero-order valence-electron chi connectivity index (χ0n) is 16.0. The SMILES string of the molecule is CCNC(=NCC(=O)OC(C)(C)C)NCC(C)Oc1ccccc1F.I. The van der Waals surface area contributed by atoms with E-state index in [1.54, 1.807) is 39.0 Å². The number of esters is 1. The zero-order chi connectivity index (χ0) is 18.9. The van der Waals surface area contributed by atoms with E-state index >= 15 is 0 Å². The van der Waals surface area contributed by atoms with E-state index in [1.165, 1.54) is 6.07 Å². The van der Waals surface area contributed by atoms with Crippen LogP contribution >= 0.6 is 24.0 Å². The predicted molar refractivity (Wildman–Crippen MR) is 112 cm³/mol. The molecule has 0 aliphatic heterocycles. The molecule has 0 aromatic heterocycles. The fourth-order valence-electron chi connectivity index (χ4n) is 1.90. The second kappa shape index (κ2) is 11.9. The van der Waals surface area contributed by atoms with Crippen molar-refractivity contribution in [3.05, 3.63) is 30.1 Å². The Morgan fingerprint density at radius 3 is 2.50 bits per heavy atom. The number of hydrogen-bond acceptors (Lipinski definition) is 4. The van der Waals surface area contributed by atoms with E-state index in [4.69, 9.17) is 9.47 Å². The molecule has 1 aromatic carbocycles. The van der Waals surface area contributed by atoms with Crippen molar-refractivity contribution in [2.75, 3.05) is 19.6 Å². The van der Waals surface area contributed by atoms with E-state index in [1.807, 2.05) is 13.8 Å². The van der Waals surface area contributed by atoms with Crippen molar-refractivity contribution in [2.45, 2.75) is 46.3 Å². The number of benzene rings is 1. The van der Waals surface area contributed by atoms with Crippen molar-refractivity contribution in [1.82, 2.24) is 10.6 Å². The number of halogens is 2. The Kier molecular flexibility index (Phi) is 11.2. The summed E-state index contributed by atoms with van der Waals surface area (Å²) in [6.07, 6.45) is -0.290. The van der Waals surface area contributed by atoms with Gasteiger partial charge in [-0.3, -0.25) is 4.79 Å². The Labute approximate surface area is 172 Å². The smallest absolute Gasteiger partial charge is 0.328 e. The minimum Gasteiger partial charge on any atom is -0.486 e. The number of rotatable bonds is 7. The highest BCUT2D eigenvalue weighted by molar-refractivity contribution is 14.0. The molecule has 0 saturated carbocycles. The number of nitrogens with zero attached hydrogens (tertiary/aromatic N) is 1. The van der Waals surface area contributed by atoms with Gasteiger partial charge in [-0.05, 0) is 46.8 Å². The zero-order valence-corrected chi connectivity index (χ0v) is 18.3. The number of aliphatic imine (C=N–C) groups is 1. The molecule has 1 aromatic rings. The largest absolute Gasteiger partial charge is 0.486 e. The summed E-state index contributed by atoms with van der Waals surface area (Å²) in [7, 11) is 0. The van der Waals surface area contributed by atoms with Gasteiger partial charge in [-0.25, -0.2) is 9.38 Å². The number of carbonyl (C=O) groups is 1. The quantitative estimate of drug-likeness (QED) is 0.271. The third-order valence-electron chi connectivity index (χ3n) is 2.85. The Bertz CT molecular complexity index is 591. The first-order valence-electron chi connectivity index (χ1n) is 8.36. The Morgan fingerprint density at radius 2 is 1.92 bits per heavy atom. The van der Waals surface area contributed by atoms with E-state index in [-0.39, 0.29) is 42.4 Å². The Hall–Kier alpha value is -1.58. The van der Waals surface area contributed by atoms with Crippen LogP contribution in [-0.2, 0) is 9.53 Å². The van der Waals surface area contributed by atoms with Gasteiger partial charge in [0.2, 0.25) is 0 Å². The maximum atomic E-state index is 13.6. The van der Waals surface area contributed by atoms with E-state index < -0.39 is 17.4 Å². The van der Waals surface area contributed by atoms with Gasteiger partial charge in [0.1, 0.15) is 18.2 Å². The van der Waals surface area contributed by atoms with Gasteiger partial charge in [0.05, 0.1) is 6.54 Å². The number of ether oxygens (including phenoxy) is 2. The average molecular weight is 481 g/mol. The predicted octanol–water partition coefficient (Wildman–Crippen LogP) is 3.11. The lowest BCUT2D eigenvalue weighted by Gasteiger charge is -2.19. The molecule has 0 heterocycles. The molecule has 26 heavy (non-hydrogen) atoms. The fraction of sp³-hybridized carbons (Fsp3) is 0.556. The molecule has 0 aliphatic rings. The summed E-state index contributed by atoms with van der Waals surface area (Å²) in [6, 6.07) is 6.25. The van der Waals surface area contributed by atoms with Crippen molar-refractivity contribution in [2.24, 2.45) is 4.99 Å². The average Bonchev–Trinajstić information content (AvgIpc) is 2.50. The lowest BCUT2D eigenvalue weighted by molar-refractivity contribution is -0.152. The summed E-state index contributed by atoms with van der Waals surface area (Å²) in [5, 5.41) is 6.09. The van der Waals surface area contributed by atoms with E-state index in [0.717, 1.165) is 0 Å². The van der Waals surface area contributed by atoms with Gasteiger partial charge in [-0.2, -0.15) is 0 Å². The van der Waals surface area contributed by atoms with Crippen LogP contribution in [-0.4, -0.2) is 43.3 Å². The lowest BCUT2D eigenvalue weighted by Crippen LogP contribution is -2.42. The Balaban J connectivity index is 0.00000625.